The highest BCUT2D eigenvalue weighted by molar-refractivity contribution is 5.64. The van der Waals surface area contributed by atoms with Crippen LogP contribution in [-0.4, -0.2) is 38.1 Å². The van der Waals surface area contributed by atoms with Crippen molar-refractivity contribution in [2.24, 2.45) is 15.9 Å². The molecule has 2 heterocycles. The molecular formula is C11H20N2O2. The molecule has 4 nitrogen and oxygen atoms in total. The summed E-state index contributed by atoms with van der Waals surface area (Å²) in [6, 6.07) is 0. The van der Waals surface area contributed by atoms with Crippen LogP contribution in [-0.2, 0) is 9.47 Å². The SMILES string of the molecule is C1=NCOC1.CCC(C)C1N=CC(C)O1. The monoisotopic (exact) mass is 212 g/mol. The molecule has 2 aliphatic heterocycles. The normalized spacial score (nSPS) is 30.1. The Morgan fingerprint density at radius 1 is 1.53 bits per heavy atom. The number of ether oxygens (including phenoxy) is 2. The first kappa shape index (κ1) is 12.3. The van der Waals surface area contributed by atoms with Crippen LogP contribution in [0.15, 0.2) is 9.98 Å². The van der Waals surface area contributed by atoms with Crippen LogP contribution in [0.25, 0.3) is 0 Å². The predicted molar refractivity (Wildman–Crippen MR) is 61.6 cm³/mol. The highest BCUT2D eigenvalue weighted by atomic mass is 16.5. The van der Waals surface area contributed by atoms with E-state index in [0.29, 0.717) is 19.3 Å². The molecule has 0 radical (unpaired) electrons. The topological polar surface area (TPSA) is 43.2 Å². The lowest BCUT2D eigenvalue weighted by Crippen LogP contribution is -2.17. The van der Waals surface area contributed by atoms with Gasteiger partial charge in [-0.1, -0.05) is 13.8 Å². The van der Waals surface area contributed by atoms with E-state index in [2.05, 4.69) is 23.8 Å². The van der Waals surface area contributed by atoms with Gasteiger partial charge in [0.05, 0.1) is 12.7 Å². The quantitative estimate of drug-likeness (QED) is 0.701. The lowest BCUT2D eigenvalue weighted by atomic mass is 10.1. The van der Waals surface area contributed by atoms with Crippen molar-refractivity contribution in [3.8, 4) is 0 Å². The first-order chi connectivity index (χ1) is 7.24. The van der Waals surface area contributed by atoms with Gasteiger partial charge in [0.25, 0.3) is 0 Å². The van der Waals surface area contributed by atoms with E-state index in [1.807, 2.05) is 13.1 Å². The summed E-state index contributed by atoms with van der Waals surface area (Å²) < 4.78 is 10.2. The van der Waals surface area contributed by atoms with Gasteiger partial charge in [-0.15, -0.1) is 0 Å². The molecule has 15 heavy (non-hydrogen) atoms. The molecule has 0 aromatic carbocycles. The van der Waals surface area contributed by atoms with E-state index in [0.717, 1.165) is 6.42 Å². The van der Waals surface area contributed by atoms with Gasteiger partial charge in [-0.05, 0) is 13.3 Å². The van der Waals surface area contributed by atoms with Crippen molar-refractivity contribution in [2.45, 2.75) is 39.5 Å². The minimum Gasteiger partial charge on any atom is -0.354 e. The van der Waals surface area contributed by atoms with Gasteiger partial charge in [-0.2, -0.15) is 0 Å². The number of rotatable bonds is 2. The molecule has 2 aliphatic rings. The fourth-order valence-electron chi connectivity index (χ4n) is 1.24. The zero-order valence-corrected chi connectivity index (χ0v) is 9.72. The molecule has 0 spiro atoms. The second-order valence-electron chi connectivity index (χ2n) is 3.78. The number of hydrogen-bond acceptors (Lipinski definition) is 4. The van der Waals surface area contributed by atoms with E-state index >= 15 is 0 Å². The van der Waals surface area contributed by atoms with Crippen molar-refractivity contribution in [1.29, 1.82) is 0 Å². The average molecular weight is 212 g/mol. The largest absolute Gasteiger partial charge is 0.354 e. The van der Waals surface area contributed by atoms with Gasteiger partial charge in [0.1, 0.15) is 6.73 Å². The van der Waals surface area contributed by atoms with E-state index in [1.54, 1.807) is 6.21 Å². The molecule has 0 aromatic heterocycles. The van der Waals surface area contributed by atoms with Gasteiger partial charge in [-0.25, -0.2) is 0 Å². The van der Waals surface area contributed by atoms with Crippen molar-refractivity contribution in [2.75, 3.05) is 13.3 Å². The van der Waals surface area contributed by atoms with Gasteiger partial charge in [-0.3, -0.25) is 9.98 Å². The summed E-state index contributed by atoms with van der Waals surface area (Å²) >= 11 is 0. The Balaban J connectivity index is 0.000000187. The Morgan fingerprint density at radius 3 is 2.67 bits per heavy atom. The average Bonchev–Trinajstić information content (AvgIpc) is 2.89. The number of aliphatic imine (C=N–C) groups is 2. The highest BCUT2D eigenvalue weighted by Gasteiger charge is 2.21. The molecule has 4 heteroatoms. The summed E-state index contributed by atoms with van der Waals surface area (Å²) in [6.07, 6.45) is 5.13. The lowest BCUT2D eigenvalue weighted by Gasteiger charge is -2.15. The third-order valence-electron chi connectivity index (χ3n) is 2.42. The third kappa shape index (κ3) is 4.53. The summed E-state index contributed by atoms with van der Waals surface area (Å²) in [5, 5.41) is 0. The molecule has 3 atom stereocenters. The summed E-state index contributed by atoms with van der Waals surface area (Å²) in [5.41, 5.74) is 0. The van der Waals surface area contributed by atoms with Crippen LogP contribution in [0.5, 0.6) is 0 Å². The van der Waals surface area contributed by atoms with Crippen molar-refractivity contribution in [3.63, 3.8) is 0 Å². The molecule has 0 aromatic rings. The van der Waals surface area contributed by atoms with E-state index in [-0.39, 0.29) is 12.3 Å². The molecule has 2 rings (SSSR count). The van der Waals surface area contributed by atoms with Crippen LogP contribution in [0, 0.1) is 5.92 Å². The Bertz CT molecular complexity index is 223. The Kier molecular flexibility index (Phi) is 5.50. The summed E-state index contributed by atoms with van der Waals surface area (Å²) in [4.78, 5) is 7.98. The van der Waals surface area contributed by atoms with E-state index in [9.17, 15) is 0 Å². The maximum Gasteiger partial charge on any atom is 0.151 e. The standard InChI is InChI=1S/C8H15NO.C3H5NO/c1-4-6(2)8-9-5-7(3)10-8;1-2-5-3-4-1/h5-8H,4H2,1-3H3;1H,2-3H2. The van der Waals surface area contributed by atoms with Crippen LogP contribution in [0.4, 0.5) is 0 Å². The summed E-state index contributed by atoms with van der Waals surface area (Å²) in [6.45, 7) is 7.62. The first-order valence-corrected chi connectivity index (χ1v) is 5.48. The van der Waals surface area contributed by atoms with Crippen LogP contribution >= 0.6 is 0 Å². The Labute approximate surface area is 91.4 Å². The van der Waals surface area contributed by atoms with Crippen LogP contribution in [0.1, 0.15) is 27.2 Å². The smallest absolute Gasteiger partial charge is 0.151 e. The molecule has 0 bridgehead atoms. The molecule has 3 unspecified atom stereocenters. The van der Waals surface area contributed by atoms with Gasteiger partial charge in [0.15, 0.2) is 6.23 Å². The van der Waals surface area contributed by atoms with E-state index in [1.165, 1.54) is 0 Å². The third-order valence-corrected chi connectivity index (χ3v) is 2.42. The van der Waals surface area contributed by atoms with Gasteiger partial charge in [0, 0.05) is 18.3 Å². The molecular weight excluding hydrogens is 192 g/mol. The predicted octanol–water partition coefficient (Wildman–Crippen LogP) is 1.89. The molecule has 86 valence electrons. The van der Waals surface area contributed by atoms with Crippen molar-refractivity contribution < 1.29 is 9.47 Å². The highest BCUT2D eigenvalue weighted by Crippen LogP contribution is 2.17. The molecule has 0 saturated carbocycles. The number of nitrogens with zero attached hydrogens (tertiary/aromatic N) is 2. The second kappa shape index (κ2) is 6.69. The van der Waals surface area contributed by atoms with Gasteiger partial charge in [0.2, 0.25) is 0 Å². The number of hydrogen-bond donors (Lipinski definition) is 0. The van der Waals surface area contributed by atoms with Crippen LogP contribution < -0.4 is 0 Å². The summed E-state index contributed by atoms with van der Waals surface area (Å²) in [5.74, 6) is 0.557. The fraction of sp³-hybridized carbons (Fsp3) is 0.818. The molecule has 0 N–H and O–H groups in total. The zero-order valence-electron chi connectivity index (χ0n) is 9.72. The summed E-state index contributed by atoms with van der Waals surface area (Å²) in [7, 11) is 0. The second-order valence-corrected chi connectivity index (χ2v) is 3.78. The maximum atomic E-state index is 5.49. The minimum atomic E-state index is 0.125. The van der Waals surface area contributed by atoms with Crippen molar-refractivity contribution >= 4 is 12.4 Å². The van der Waals surface area contributed by atoms with Crippen LogP contribution in [0.2, 0.25) is 0 Å². The Hall–Kier alpha value is -0.740. The lowest BCUT2D eigenvalue weighted by molar-refractivity contribution is 0.0250. The van der Waals surface area contributed by atoms with Crippen molar-refractivity contribution in [1.82, 2.24) is 0 Å². The van der Waals surface area contributed by atoms with Crippen molar-refractivity contribution in [3.05, 3.63) is 0 Å². The molecule has 0 fully saturated rings. The molecule has 0 aliphatic carbocycles. The maximum absolute atomic E-state index is 5.49. The molecule has 0 amide bonds. The van der Waals surface area contributed by atoms with Gasteiger partial charge < -0.3 is 9.47 Å². The van der Waals surface area contributed by atoms with Gasteiger partial charge >= 0.3 is 0 Å². The van der Waals surface area contributed by atoms with E-state index in [4.69, 9.17) is 9.47 Å². The Morgan fingerprint density at radius 2 is 2.33 bits per heavy atom. The van der Waals surface area contributed by atoms with E-state index < -0.39 is 0 Å². The zero-order chi connectivity index (χ0) is 11.1. The molecule has 0 saturated heterocycles. The fourth-order valence-corrected chi connectivity index (χ4v) is 1.24. The van der Waals surface area contributed by atoms with Crippen LogP contribution in [0.3, 0.4) is 0 Å². The minimum absolute atomic E-state index is 0.125. The first-order valence-electron chi connectivity index (χ1n) is 5.48.